The molecule has 1 aromatic rings. The molecule has 1 unspecified atom stereocenters. The van der Waals surface area contributed by atoms with Crippen molar-refractivity contribution in [1.82, 2.24) is 24.7 Å². The van der Waals surface area contributed by atoms with Gasteiger partial charge in [0.15, 0.2) is 5.76 Å². The quantitative estimate of drug-likeness (QED) is 0.687. The minimum absolute atomic E-state index is 0.0589. The number of benzene rings is 1. The number of hydrogen-bond acceptors (Lipinski definition) is 6. The van der Waals surface area contributed by atoms with Crippen molar-refractivity contribution < 1.29 is 4.84 Å². The highest BCUT2D eigenvalue weighted by Gasteiger charge is 2.43. The van der Waals surface area contributed by atoms with Crippen molar-refractivity contribution in [3.63, 3.8) is 0 Å². The molecule has 0 saturated heterocycles. The van der Waals surface area contributed by atoms with Crippen molar-refractivity contribution >= 4 is 0 Å². The van der Waals surface area contributed by atoms with E-state index in [1.54, 1.807) is 0 Å². The second-order valence-electron chi connectivity index (χ2n) is 7.87. The first-order chi connectivity index (χ1) is 12.2. The Kier molecular flexibility index (Phi) is 6.82. The van der Waals surface area contributed by atoms with Crippen LogP contribution >= 0.6 is 0 Å². The summed E-state index contributed by atoms with van der Waals surface area (Å²) in [6.07, 6.45) is 0.186. The zero-order valence-electron chi connectivity index (χ0n) is 17.8. The Bertz CT molecular complexity index is 596. The second kappa shape index (κ2) is 8.50. The smallest absolute Gasteiger partial charge is 0.160 e. The van der Waals surface area contributed by atoms with Gasteiger partial charge in [-0.25, -0.2) is 0 Å². The number of likely N-dealkylation sites (N-methyl/N-ethyl adjacent to an activating group) is 5. The average molecular weight is 362 g/mol. The maximum atomic E-state index is 6.38. The third-order valence-corrected chi connectivity index (χ3v) is 4.77. The van der Waals surface area contributed by atoms with Crippen molar-refractivity contribution in [2.45, 2.75) is 18.4 Å². The van der Waals surface area contributed by atoms with Crippen molar-refractivity contribution in [2.24, 2.45) is 0 Å². The minimum atomic E-state index is 0.0589. The first-order valence-electron chi connectivity index (χ1n) is 9.02. The number of nitrogens with zero attached hydrogens (tertiary/aromatic N) is 5. The molecule has 0 spiro atoms. The fourth-order valence-electron chi connectivity index (χ4n) is 4.03. The summed E-state index contributed by atoms with van der Waals surface area (Å²) in [6.45, 7) is 0. The molecule has 0 radical (unpaired) electrons. The Hall–Kier alpha value is -1.44. The lowest BCUT2D eigenvalue weighted by Gasteiger charge is -2.36. The summed E-state index contributed by atoms with van der Waals surface area (Å²) in [7, 11) is 18.9. The summed E-state index contributed by atoms with van der Waals surface area (Å²) in [5, 5.41) is 1.99. The standard InChI is InChI=1S/C20H35N5O/c1-21(2)19(22(3)4)16-17(15-13-11-10-12-14-15)25(9)26-18(16)20(23(5)6)24(7)8/h10-14,17,19-20H,1-9H3. The molecule has 1 aromatic carbocycles. The Morgan fingerprint density at radius 3 is 1.65 bits per heavy atom. The lowest BCUT2D eigenvalue weighted by molar-refractivity contribution is -0.115. The fraction of sp³-hybridized carbons (Fsp3) is 0.600. The Balaban J connectivity index is 2.68. The Morgan fingerprint density at radius 2 is 1.23 bits per heavy atom. The van der Waals surface area contributed by atoms with Gasteiger partial charge in [-0.3, -0.25) is 19.6 Å². The topological polar surface area (TPSA) is 25.4 Å². The van der Waals surface area contributed by atoms with E-state index >= 15 is 0 Å². The fourth-order valence-corrected chi connectivity index (χ4v) is 4.03. The van der Waals surface area contributed by atoms with E-state index in [2.05, 4.69) is 106 Å². The molecule has 0 bridgehead atoms. The van der Waals surface area contributed by atoms with E-state index in [0.29, 0.717) is 0 Å². The lowest BCUT2D eigenvalue weighted by Crippen LogP contribution is -2.47. The SMILES string of the molecule is CN(C)C(C1=C(C(N(C)C)N(C)C)C(c2ccccc2)N(C)O1)N(C)C. The van der Waals surface area contributed by atoms with Crippen LogP contribution < -0.4 is 0 Å². The van der Waals surface area contributed by atoms with E-state index in [4.69, 9.17) is 4.84 Å². The van der Waals surface area contributed by atoms with E-state index in [9.17, 15) is 0 Å². The highest BCUT2D eigenvalue weighted by atomic mass is 16.7. The Labute approximate surface area is 159 Å². The van der Waals surface area contributed by atoms with E-state index in [-0.39, 0.29) is 18.4 Å². The summed E-state index contributed by atoms with van der Waals surface area (Å²) >= 11 is 0. The zero-order valence-corrected chi connectivity index (χ0v) is 17.8. The minimum Gasteiger partial charge on any atom is -0.406 e. The van der Waals surface area contributed by atoms with Gasteiger partial charge in [-0.15, -0.1) is 5.06 Å². The second-order valence-corrected chi connectivity index (χ2v) is 7.87. The zero-order chi connectivity index (χ0) is 19.6. The summed E-state index contributed by atoms with van der Waals surface area (Å²) in [5.74, 6) is 1.00. The van der Waals surface area contributed by atoms with Gasteiger partial charge in [0.2, 0.25) is 0 Å². The monoisotopic (exact) mass is 361 g/mol. The predicted molar refractivity (Wildman–Crippen MR) is 107 cm³/mol. The van der Waals surface area contributed by atoms with E-state index in [1.165, 1.54) is 11.1 Å². The maximum absolute atomic E-state index is 6.38. The largest absolute Gasteiger partial charge is 0.406 e. The molecular weight excluding hydrogens is 326 g/mol. The van der Waals surface area contributed by atoms with E-state index in [1.807, 2.05) is 12.1 Å². The number of rotatable bonds is 7. The van der Waals surface area contributed by atoms with Crippen LogP contribution in [0.15, 0.2) is 41.7 Å². The summed E-state index contributed by atoms with van der Waals surface area (Å²) in [6, 6.07) is 10.7. The molecule has 1 aliphatic rings. The molecule has 0 saturated carbocycles. The van der Waals surface area contributed by atoms with E-state index < -0.39 is 0 Å². The molecule has 0 aromatic heterocycles. The third kappa shape index (κ3) is 4.10. The predicted octanol–water partition coefficient (Wildman–Crippen LogP) is 1.76. The first kappa shape index (κ1) is 20.9. The normalized spacial score (nSPS) is 19.1. The molecule has 1 heterocycles. The highest BCUT2D eigenvalue weighted by molar-refractivity contribution is 5.36. The molecule has 2 rings (SSSR count). The molecule has 146 valence electrons. The molecule has 1 atom stereocenters. The molecule has 0 aliphatic carbocycles. The van der Waals surface area contributed by atoms with Crippen LogP contribution in [0.1, 0.15) is 11.6 Å². The van der Waals surface area contributed by atoms with Crippen LogP contribution in [0.2, 0.25) is 0 Å². The summed E-state index contributed by atoms with van der Waals surface area (Å²) in [5.41, 5.74) is 2.52. The van der Waals surface area contributed by atoms with Crippen LogP contribution in [0, 0.1) is 0 Å². The first-order valence-corrected chi connectivity index (χ1v) is 9.02. The van der Waals surface area contributed by atoms with Gasteiger partial charge in [-0.1, -0.05) is 30.3 Å². The molecule has 6 heteroatoms. The van der Waals surface area contributed by atoms with Crippen molar-refractivity contribution in [3.05, 3.63) is 47.2 Å². The summed E-state index contributed by atoms with van der Waals surface area (Å²) < 4.78 is 0. The Morgan fingerprint density at radius 1 is 0.769 bits per heavy atom. The molecule has 0 N–H and O–H groups in total. The molecule has 1 aliphatic heterocycles. The van der Waals surface area contributed by atoms with Gasteiger partial charge in [0, 0.05) is 12.6 Å². The molecule has 26 heavy (non-hydrogen) atoms. The van der Waals surface area contributed by atoms with Gasteiger partial charge in [0.05, 0.1) is 12.2 Å². The van der Waals surface area contributed by atoms with Crippen LogP contribution in [0.5, 0.6) is 0 Å². The van der Waals surface area contributed by atoms with Crippen LogP contribution in [0.3, 0.4) is 0 Å². The van der Waals surface area contributed by atoms with Crippen molar-refractivity contribution in [1.29, 1.82) is 0 Å². The van der Waals surface area contributed by atoms with Gasteiger partial charge in [-0.05, 0) is 61.9 Å². The highest BCUT2D eigenvalue weighted by Crippen LogP contribution is 2.42. The van der Waals surface area contributed by atoms with E-state index in [0.717, 1.165) is 5.76 Å². The number of hydrogen-bond donors (Lipinski definition) is 0. The van der Waals surface area contributed by atoms with Gasteiger partial charge in [-0.2, -0.15) is 0 Å². The van der Waals surface area contributed by atoms with Gasteiger partial charge >= 0.3 is 0 Å². The van der Waals surface area contributed by atoms with Gasteiger partial charge in [0.1, 0.15) is 6.17 Å². The van der Waals surface area contributed by atoms with Crippen molar-refractivity contribution in [2.75, 3.05) is 63.4 Å². The molecule has 0 fully saturated rings. The van der Waals surface area contributed by atoms with Crippen LogP contribution in [0.25, 0.3) is 0 Å². The van der Waals surface area contributed by atoms with Gasteiger partial charge in [0.25, 0.3) is 0 Å². The lowest BCUT2D eigenvalue weighted by atomic mass is 9.94. The molecule has 0 amide bonds. The van der Waals surface area contributed by atoms with Crippen LogP contribution in [-0.2, 0) is 4.84 Å². The van der Waals surface area contributed by atoms with Crippen LogP contribution in [0.4, 0.5) is 0 Å². The number of hydroxylamine groups is 2. The van der Waals surface area contributed by atoms with Gasteiger partial charge < -0.3 is 4.84 Å². The molecular formula is C20H35N5O. The average Bonchev–Trinajstić information content (AvgIpc) is 2.83. The third-order valence-electron chi connectivity index (χ3n) is 4.77. The van der Waals surface area contributed by atoms with Crippen LogP contribution in [-0.4, -0.2) is 100 Å². The summed E-state index contributed by atoms with van der Waals surface area (Å²) in [4.78, 5) is 15.3. The van der Waals surface area contributed by atoms with Crippen molar-refractivity contribution in [3.8, 4) is 0 Å². The molecule has 6 nitrogen and oxygen atoms in total. The maximum Gasteiger partial charge on any atom is 0.160 e.